The molecule has 1 unspecified atom stereocenters. The van der Waals surface area contributed by atoms with Gasteiger partial charge in [-0.3, -0.25) is 14.9 Å². The molecule has 2 rings (SSSR count). The maximum atomic E-state index is 11.8. The lowest BCUT2D eigenvalue weighted by Crippen LogP contribution is -2.58. The summed E-state index contributed by atoms with van der Waals surface area (Å²) in [6, 6.07) is -0.288. The van der Waals surface area contributed by atoms with Gasteiger partial charge >= 0.3 is 0 Å². The Labute approximate surface area is 107 Å². The molecule has 0 aromatic carbocycles. The second-order valence-electron chi connectivity index (χ2n) is 4.93. The van der Waals surface area contributed by atoms with Crippen LogP contribution in [0.15, 0.2) is 0 Å². The molecule has 2 aliphatic heterocycles. The number of piperidine rings is 1. The molecule has 2 fully saturated rings. The largest absolute Gasteiger partial charge is 0.353 e. The van der Waals surface area contributed by atoms with E-state index >= 15 is 0 Å². The lowest BCUT2D eigenvalue weighted by Gasteiger charge is -2.27. The van der Waals surface area contributed by atoms with Gasteiger partial charge in [0.15, 0.2) is 0 Å². The van der Waals surface area contributed by atoms with Gasteiger partial charge in [0, 0.05) is 19.6 Å². The Kier molecular flexibility index (Phi) is 4.95. The maximum absolute atomic E-state index is 11.8. The highest BCUT2D eigenvalue weighted by atomic mass is 16.2. The Morgan fingerprint density at radius 1 is 1.33 bits per heavy atom. The van der Waals surface area contributed by atoms with Crippen molar-refractivity contribution in [3.63, 3.8) is 0 Å². The Hall–Kier alpha value is -1.14. The molecule has 2 saturated heterocycles. The molecule has 0 spiro atoms. The van der Waals surface area contributed by atoms with E-state index in [-0.39, 0.29) is 24.4 Å². The summed E-state index contributed by atoms with van der Waals surface area (Å²) in [6.07, 6.45) is 3.86. The smallest absolute Gasteiger partial charge is 0.239 e. The van der Waals surface area contributed by atoms with Gasteiger partial charge < -0.3 is 15.5 Å². The van der Waals surface area contributed by atoms with E-state index in [1.807, 2.05) is 0 Å². The molecule has 0 aliphatic carbocycles. The minimum absolute atomic E-state index is 0.0213. The van der Waals surface area contributed by atoms with Gasteiger partial charge in [-0.05, 0) is 25.9 Å². The first-order valence-corrected chi connectivity index (χ1v) is 6.76. The van der Waals surface area contributed by atoms with E-state index in [0.717, 1.165) is 19.6 Å². The Bertz CT molecular complexity index is 292. The number of hydrogen-bond acceptors (Lipinski definition) is 4. The maximum Gasteiger partial charge on any atom is 0.239 e. The highest BCUT2D eigenvalue weighted by Gasteiger charge is 2.23. The normalized spacial score (nSPS) is 25.6. The lowest BCUT2D eigenvalue weighted by atomic mass is 10.1. The van der Waals surface area contributed by atoms with E-state index in [1.165, 1.54) is 19.3 Å². The molecule has 0 saturated carbocycles. The van der Waals surface area contributed by atoms with E-state index < -0.39 is 0 Å². The van der Waals surface area contributed by atoms with Crippen molar-refractivity contribution in [1.82, 2.24) is 20.9 Å². The number of likely N-dealkylation sites (tertiary alicyclic amines) is 1. The first kappa shape index (κ1) is 13.3. The van der Waals surface area contributed by atoms with Crippen LogP contribution in [0.2, 0.25) is 0 Å². The van der Waals surface area contributed by atoms with Crippen molar-refractivity contribution < 1.29 is 9.59 Å². The van der Waals surface area contributed by atoms with Gasteiger partial charge in [-0.25, -0.2) is 0 Å². The van der Waals surface area contributed by atoms with Crippen LogP contribution in [0.4, 0.5) is 0 Å². The van der Waals surface area contributed by atoms with Crippen LogP contribution in [-0.2, 0) is 9.59 Å². The molecule has 0 aromatic heterocycles. The molecule has 2 heterocycles. The third kappa shape index (κ3) is 3.96. The average Bonchev–Trinajstić information content (AvgIpc) is 2.40. The molecule has 2 aliphatic rings. The van der Waals surface area contributed by atoms with Crippen molar-refractivity contribution in [3.8, 4) is 0 Å². The summed E-state index contributed by atoms with van der Waals surface area (Å²) in [5.41, 5.74) is 0. The first-order valence-electron chi connectivity index (χ1n) is 6.76. The van der Waals surface area contributed by atoms with Gasteiger partial charge in [-0.2, -0.15) is 0 Å². The van der Waals surface area contributed by atoms with Crippen LogP contribution in [0, 0.1) is 0 Å². The molecular formula is C12H22N4O2. The van der Waals surface area contributed by atoms with Crippen LogP contribution in [0.3, 0.4) is 0 Å². The summed E-state index contributed by atoms with van der Waals surface area (Å²) in [4.78, 5) is 25.1. The summed E-state index contributed by atoms with van der Waals surface area (Å²) in [5, 5.41) is 8.52. The standard InChI is InChI=1S/C12H22N4O2/c17-11-9-14-10(8-15-11)12(18)13-4-7-16-5-2-1-3-6-16/h10,14H,1-9H2,(H,13,18)(H,15,17). The Morgan fingerprint density at radius 3 is 2.78 bits per heavy atom. The van der Waals surface area contributed by atoms with Gasteiger partial charge in [0.2, 0.25) is 11.8 Å². The molecule has 18 heavy (non-hydrogen) atoms. The molecule has 0 radical (unpaired) electrons. The van der Waals surface area contributed by atoms with Crippen molar-refractivity contribution in [2.75, 3.05) is 39.3 Å². The highest BCUT2D eigenvalue weighted by Crippen LogP contribution is 2.07. The van der Waals surface area contributed by atoms with Crippen molar-refractivity contribution in [2.24, 2.45) is 0 Å². The number of hydrogen-bond donors (Lipinski definition) is 3. The molecule has 3 N–H and O–H groups in total. The van der Waals surface area contributed by atoms with E-state index in [4.69, 9.17) is 0 Å². The van der Waals surface area contributed by atoms with Gasteiger partial charge in [-0.1, -0.05) is 6.42 Å². The van der Waals surface area contributed by atoms with Gasteiger partial charge in [0.05, 0.1) is 6.54 Å². The number of carbonyl (C=O) groups excluding carboxylic acids is 2. The van der Waals surface area contributed by atoms with Crippen molar-refractivity contribution >= 4 is 11.8 Å². The van der Waals surface area contributed by atoms with Crippen LogP contribution >= 0.6 is 0 Å². The molecule has 6 heteroatoms. The quantitative estimate of drug-likeness (QED) is 0.581. The first-order chi connectivity index (χ1) is 8.75. The minimum Gasteiger partial charge on any atom is -0.353 e. The van der Waals surface area contributed by atoms with E-state index in [9.17, 15) is 9.59 Å². The fraction of sp³-hybridized carbons (Fsp3) is 0.833. The number of carbonyl (C=O) groups is 2. The Morgan fingerprint density at radius 2 is 2.11 bits per heavy atom. The second kappa shape index (κ2) is 6.70. The lowest BCUT2D eigenvalue weighted by molar-refractivity contribution is -0.126. The summed E-state index contributed by atoms with van der Waals surface area (Å²) < 4.78 is 0. The monoisotopic (exact) mass is 254 g/mol. The van der Waals surface area contributed by atoms with Crippen molar-refractivity contribution in [3.05, 3.63) is 0 Å². The number of piperazine rings is 1. The van der Waals surface area contributed by atoms with Gasteiger partial charge in [0.25, 0.3) is 0 Å². The summed E-state index contributed by atoms with van der Waals surface area (Å²) >= 11 is 0. The SMILES string of the molecule is O=C1CNC(C(=O)NCCN2CCCCC2)CN1. The predicted molar refractivity (Wildman–Crippen MR) is 68.1 cm³/mol. The fourth-order valence-corrected chi connectivity index (χ4v) is 2.40. The summed E-state index contributed by atoms with van der Waals surface area (Å²) in [5.74, 6) is -0.0700. The van der Waals surface area contributed by atoms with Crippen LogP contribution in [0.1, 0.15) is 19.3 Å². The molecule has 0 aromatic rings. The number of amides is 2. The third-order valence-corrected chi connectivity index (χ3v) is 3.50. The van der Waals surface area contributed by atoms with Crippen LogP contribution in [-0.4, -0.2) is 62.0 Å². The molecular weight excluding hydrogens is 232 g/mol. The topological polar surface area (TPSA) is 73.5 Å². The fourth-order valence-electron chi connectivity index (χ4n) is 2.40. The minimum atomic E-state index is -0.288. The van der Waals surface area contributed by atoms with Crippen LogP contribution in [0.5, 0.6) is 0 Å². The zero-order valence-electron chi connectivity index (χ0n) is 10.7. The van der Waals surface area contributed by atoms with Gasteiger partial charge in [-0.15, -0.1) is 0 Å². The predicted octanol–water partition coefficient (Wildman–Crippen LogP) is -1.32. The Balaban J connectivity index is 1.60. The van der Waals surface area contributed by atoms with E-state index in [2.05, 4.69) is 20.9 Å². The molecule has 102 valence electrons. The van der Waals surface area contributed by atoms with Gasteiger partial charge in [0.1, 0.15) is 6.04 Å². The average molecular weight is 254 g/mol. The number of rotatable bonds is 4. The number of nitrogens with one attached hydrogen (secondary N) is 3. The van der Waals surface area contributed by atoms with Crippen LogP contribution in [0.25, 0.3) is 0 Å². The zero-order chi connectivity index (χ0) is 12.8. The van der Waals surface area contributed by atoms with E-state index in [1.54, 1.807) is 0 Å². The van der Waals surface area contributed by atoms with Crippen molar-refractivity contribution in [1.29, 1.82) is 0 Å². The molecule has 0 bridgehead atoms. The van der Waals surface area contributed by atoms with E-state index in [0.29, 0.717) is 13.1 Å². The summed E-state index contributed by atoms with van der Waals surface area (Å²) in [6.45, 7) is 4.51. The molecule has 2 amide bonds. The second-order valence-corrected chi connectivity index (χ2v) is 4.93. The van der Waals surface area contributed by atoms with Crippen molar-refractivity contribution in [2.45, 2.75) is 25.3 Å². The zero-order valence-corrected chi connectivity index (χ0v) is 10.7. The molecule has 1 atom stereocenters. The number of nitrogens with zero attached hydrogens (tertiary/aromatic N) is 1. The highest BCUT2D eigenvalue weighted by molar-refractivity contribution is 5.86. The van der Waals surface area contributed by atoms with Crippen LogP contribution < -0.4 is 16.0 Å². The summed E-state index contributed by atoms with van der Waals surface area (Å²) in [7, 11) is 0. The molecule has 6 nitrogen and oxygen atoms in total. The third-order valence-electron chi connectivity index (χ3n) is 3.50.